The fourth-order valence-corrected chi connectivity index (χ4v) is 1.27. The molecule has 0 radical (unpaired) electrons. The number of halogens is 1. The van der Waals surface area contributed by atoms with Crippen LogP contribution in [0.15, 0.2) is 0 Å². The SMILES string of the molecule is Cc1nc(NCCN)c(F)c(C(C)C)n1. The van der Waals surface area contributed by atoms with E-state index < -0.39 is 0 Å². The van der Waals surface area contributed by atoms with E-state index in [1.807, 2.05) is 13.8 Å². The smallest absolute Gasteiger partial charge is 0.187 e. The van der Waals surface area contributed by atoms with Crippen molar-refractivity contribution in [1.82, 2.24) is 9.97 Å². The lowest BCUT2D eigenvalue weighted by Gasteiger charge is -2.11. The highest BCUT2D eigenvalue weighted by atomic mass is 19.1. The quantitative estimate of drug-likeness (QED) is 0.792. The molecule has 0 unspecified atom stereocenters. The van der Waals surface area contributed by atoms with Crippen LogP contribution in [0.3, 0.4) is 0 Å². The zero-order chi connectivity index (χ0) is 11.4. The maximum atomic E-state index is 13.8. The van der Waals surface area contributed by atoms with E-state index >= 15 is 0 Å². The Morgan fingerprint density at radius 3 is 2.60 bits per heavy atom. The molecule has 0 amide bonds. The first-order valence-electron chi connectivity index (χ1n) is 5.04. The molecule has 84 valence electrons. The van der Waals surface area contributed by atoms with E-state index in [1.165, 1.54) is 0 Å². The molecule has 0 saturated carbocycles. The summed E-state index contributed by atoms with van der Waals surface area (Å²) in [4.78, 5) is 8.08. The van der Waals surface area contributed by atoms with Crippen molar-refractivity contribution in [3.8, 4) is 0 Å². The van der Waals surface area contributed by atoms with Crippen LogP contribution in [0.2, 0.25) is 0 Å². The van der Waals surface area contributed by atoms with Crippen LogP contribution < -0.4 is 11.1 Å². The Kier molecular flexibility index (Phi) is 3.96. The second-order valence-electron chi connectivity index (χ2n) is 3.69. The van der Waals surface area contributed by atoms with Gasteiger partial charge >= 0.3 is 0 Å². The second-order valence-corrected chi connectivity index (χ2v) is 3.69. The normalized spacial score (nSPS) is 10.8. The fourth-order valence-electron chi connectivity index (χ4n) is 1.27. The lowest BCUT2D eigenvalue weighted by molar-refractivity contribution is 0.576. The predicted molar refractivity (Wildman–Crippen MR) is 58.4 cm³/mol. The number of rotatable bonds is 4. The molecule has 0 aromatic carbocycles. The minimum absolute atomic E-state index is 0.0464. The average Bonchev–Trinajstić information content (AvgIpc) is 2.18. The first-order valence-corrected chi connectivity index (χ1v) is 5.04. The Balaban J connectivity index is 3.05. The number of hydrogen-bond acceptors (Lipinski definition) is 4. The summed E-state index contributed by atoms with van der Waals surface area (Å²) >= 11 is 0. The van der Waals surface area contributed by atoms with Gasteiger partial charge in [0, 0.05) is 13.1 Å². The topological polar surface area (TPSA) is 63.8 Å². The van der Waals surface area contributed by atoms with Crippen molar-refractivity contribution in [3.63, 3.8) is 0 Å². The van der Waals surface area contributed by atoms with Crippen LogP contribution in [0.25, 0.3) is 0 Å². The van der Waals surface area contributed by atoms with Gasteiger partial charge in [0.25, 0.3) is 0 Å². The van der Waals surface area contributed by atoms with Gasteiger partial charge < -0.3 is 11.1 Å². The molecular weight excluding hydrogens is 195 g/mol. The van der Waals surface area contributed by atoms with Gasteiger partial charge in [-0.3, -0.25) is 0 Å². The third-order valence-corrected chi connectivity index (χ3v) is 1.97. The molecule has 0 spiro atoms. The van der Waals surface area contributed by atoms with Gasteiger partial charge in [-0.05, 0) is 12.8 Å². The number of nitrogens with zero attached hydrogens (tertiary/aromatic N) is 2. The fraction of sp³-hybridized carbons (Fsp3) is 0.600. The van der Waals surface area contributed by atoms with Crippen molar-refractivity contribution < 1.29 is 4.39 Å². The lowest BCUT2D eigenvalue weighted by Crippen LogP contribution is -2.16. The van der Waals surface area contributed by atoms with E-state index in [1.54, 1.807) is 6.92 Å². The molecule has 0 atom stereocenters. The molecule has 0 saturated heterocycles. The lowest BCUT2D eigenvalue weighted by atomic mass is 10.1. The number of nitrogens with two attached hydrogens (primary N) is 1. The van der Waals surface area contributed by atoms with Crippen LogP contribution >= 0.6 is 0 Å². The summed E-state index contributed by atoms with van der Waals surface area (Å²) in [6.45, 7) is 6.50. The van der Waals surface area contributed by atoms with Crippen LogP contribution in [0.1, 0.15) is 31.3 Å². The molecule has 0 fully saturated rings. The molecule has 0 aliphatic heterocycles. The van der Waals surface area contributed by atoms with Crippen molar-refractivity contribution >= 4 is 5.82 Å². The number of anilines is 1. The van der Waals surface area contributed by atoms with Crippen LogP contribution in [0.4, 0.5) is 10.2 Å². The van der Waals surface area contributed by atoms with Crippen LogP contribution in [0.5, 0.6) is 0 Å². The van der Waals surface area contributed by atoms with Crippen molar-refractivity contribution in [2.75, 3.05) is 18.4 Å². The highest BCUT2D eigenvalue weighted by Crippen LogP contribution is 2.20. The summed E-state index contributed by atoms with van der Waals surface area (Å²) in [6.07, 6.45) is 0. The Morgan fingerprint density at radius 1 is 1.40 bits per heavy atom. The molecule has 1 rings (SSSR count). The third-order valence-electron chi connectivity index (χ3n) is 1.97. The first kappa shape index (κ1) is 11.8. The molecule has 0 bridgehead atoms. The summed E-state index contributed by atoms with van der Waals surface area (Å²) < 4.78 is 13.8. The Labute approximate surface area is 89.1 Å². The van der Waals surface area contributed by atoms with Crippen molar-refractivity contribution in [3.05, 3.63) is 17.3 Å². The summed E-state index contributed by atoms with van der Waals surface area (Å²) in [5.74, 6) is 0.491. The van der Waals surface area contributed by atoms with Gasteiger partial charge in [-0.25, -0.2) is 14.4 Å². The van der Waals surface area contributed by atoms with E-state index in [2.05, 4.69) is 15.3 Å². The summed E-state index contributed by atoms with van der Waals surface area (Å²) in [6, 6.07) is 0. The van der Waals surface area contributed by atoms with E-state index in [0.717, 1.165) is 0 Å². The van der Waals surface area contributed by atoms with E-state index in [9.17, 15) is 4.39 Å². The number of aryl methyl sites for hydroxylation is 1. The van der Waals surface area contributed by atoms with Crippen LogP contribution in [-0.4, -0.2) is 23.1 Å². The molecule has 1 heterocycles. The van der Waals surface area contributed by atoms with Gasteiger partial charge in [0.05, 0.1) is 5.69 Å². The van der Waals surface area contributed by atoms with Crippen LogP contribution in [-0.2, 0) is 0 Å². The molecular formula is C10H17FN4. The van der Waals surface area contributed by atoms with Crippen molar-refractivity contribution in [2.45, 2.75) is 26.7 Å². The molecule has 3 N–H and O–H groups in total. The summed E-state index contributed by atoms with van der Waals surface area (Å²) in [5, 5.41) is 2.85. The minimum atomic E-state index is -0.371. The zero-order valence-electron chi connectivity index (χ0n) is 9.34. The maximum Gasteiger partial charge on any atom is 0.187 e. The molecule has 15 heavy (non-hydrogen) atoms. The largest absolute Gasteiger partial charge is 0.366 e. The predicted octanol–water partition coefficient (Wildman–Crippen LogP) is 1.42. The molecule has 5 heteroatoms. The number of aromatic nitrogens is 2. The standard InChI is InChI=1S/C10H17FN4/c1-6(2)9-8(11)10(13-5-4-12)15-7(3)14-9/h6H,4-5,12H2,1-3H3,(H,13,14,15). The van der Waals surface area contributed by atoms with Gasteiger partial charge in [0.1, 0.15) is 5.82 Å². The van der Waals surface area contributed by atoms with E-state index in [-0.39, 0.29) is 17.6 Å². The van der Waals surface area contributed by atoms with Gasteiger partial charge in [-0.2, -0.15) is 0 Å². The molecule has 1 aromatic heterocycles. The Hall–Kier alpha value is -1.23. The second kappa shape index (κ2) is 5.02. The highest BCUT2D eigenvalue weighted by Gasteiger charge is 2.14. The van der Waals surface area contributed by atoms with Gasteiger partial charge in [0.2, 0.25) is 0 Å². The number of nitrogens with one attached hydrogen (secondary N) is 1. The average molecular weight is 212 g/mol. The monoisotopic (exact) mass is 212 g/mol. The van der Waals surface area contributed by atoms with Crippen molar-refractivity contribution in [1.29, 1.82) is 0 Å². The maximum absolute atomic E-state index is 13.8. The van der Waals surface area contributed by atoms with Gasteiger partial charge in [-0.1, -0.05) is 13.8 Å². The molecule has 4 nitrogen and oxygen atoms in total. The van der Waals surface area contributed by atoms with E-state index in [0.29, 0.717) is 24.6 Å². The van der Waals surface area contributed by atoms with Crippen LogP contribution in [0, 0.1) is 12.7 Å². The number of hydrogen-bond donors (Lipinski definition) is 2. The third kappa shape index (κ3) is 2.86. The Morgan fingerprint density at radius 2 is 2.07 bits per heavy atom. The van der Waals surface area contributed by atoms with Crippen molar-refractivity contribution in [2.24, 2.45) is 5.73 Å². The Bertz CT molecular complexity index is 338. The first-order chi connectivity index (χ1) is 7.06. The molecule has 1 aromatic rings. The summed E-state index contributed by atoms with van der Waals surface area (Å²) in [7, 11) is 0. The van der Waals surface area contributed by atoms with E-state index in [4.69, 9.17) is 5.73 Å². The molecule has 0 aliphatic carbocycles. The summed E-state index contributed by atoms with van der Waals surface area (Å²) in [5.41, 5.74) is 5.78. The minimum Gasteiger partial charge on any atom is -0.366 e. The highest BCUT2D eigenvalue weighted by molar-refractivity contribution is 5.39. The van der Waals surface area contributed by atoms with Gasteiger partial charge in [0.15, 0.2) is 11.6 Å². The van der Waals surface area contributed by atoms with Gasteiger partial charge in [-0.15, -0.1) is 0 Å². The zero-order valence-corrected chi connectivity index (χ0v) is 9.34. The molecule has 0 aliphatic rings.